The van der Waals surface area contributed by atoms with E-state index in [4.69, 9.17) is 4.42 Å². The maximum Gasteiger partial charge on any atom is 0.290 e. The largest absolute Gasteiger partial charge is 0.444 e. The number of nitro groups is 1. The highest BCUT2D eigenvalue weighted by atomic mass is 16.6. The van der Waals surface area contributed by atoms with Gasteiger partial charge in [-0.05, 0) is 13.0 Å². The highest BCUT2D eigenvalue weighted by Crippen LogP contribution is 2.18. The lowest BCUT2D eigenvalue weighted by molar-refractivity contribution is -0.385. The lowest BCUT2D eigenvalue weighted by Crippen LogP contribution is -2.03. The van der Waals surface area contributed by atoms with Crippen LogP contribution in [-0.2, 0) is 13.0 Å². The van der Waals surface area contributed by atoms with Crippen LogP contribution in [-0.4, -0.2) is 14.9 Å². The summed E-state index contributed by atoms with van der Waals surface area (Å²) < 4.78 is 5.44. The van der Waals surface area contributed by atoms with Gasteiger partial charge in [-0.1, -0.05) is 6.92 Å². The molecule has 0 spiro atoms. The Morgan fingerprint density at radius 3 is 2.84 bits per heavy atom. The highest BCUT2D eigenvalue weighted by molar-refractivity contribution is 5.44. The second-order valence-electron chi connectivity index (χ2n) is 3.99. The molecular formula is C12H14N4O3. The Kier molecular flexibility index (Phi) is 3.74. The number of aromatic nitrogens is 2. The first-order valence-corrected chi connectivity index (χ1v) is 5.89. The van der Waals surface area contributed by atoms with Gasteiger partial charge in [0.2, 0.25) is 5.89 Å². The van der Waals surface area contributed by atoms with Crippen LogP contribution in [0.5, 0.6) is 0 Å². The molecule has 0 aromatic carbocycles. The predicted octanol–water partition coefficient (Wildman–Crippen LogP) is 2.46. The van der Waals surface area contributed by atoms with Crippen LogP contribution in [0, 0.1) is 17.0 Å². The normalized spacial score (nSPS) is 10.4. The molecule has 2 heterocycles. The fraction of sp³-hybridized carbons (Fsp3) is 0.333. The number of oxazole rings is 1. The third-order valence-electron chi connectivity index (χ3n) is 2.63. The van der Waals surface area contributed by atoms with Gasteiger partial charge in [-0.3, -0.25) is 10.1 Å². The first-order valence-electron chi connectivity index (χ1n) is 5.89. The van der Waals surface area contributed by atoms with Gasteiger partial charge >= 0.3 is 0 Å². The van der Waals surface area contributed by atoms with Crippen LogP contribution in [0.1, 0.15) is 24.3 Å². The van der Waals surface area contributed by atoms with E-state index in [1.54, 1.807) is 19.2 Å². The van der Waals surface area contributed by atoms with Crippen molar-refractivity contribution in [2.75, 3.05) is 5.32 Å². The molecule has 7 nitrogen and oxygen atoms in total. The summed E-state index contributed by atoms with van der Waals surface area (Å²) in [5.74, 6) is 1.94. The molecule has 0 amide bonds. The van der Waals surface area contributed by atoms with Gasteiger partial charge in [0.25, 0.3) is 5.69 Å². The van der Waals surface area contributed by atoms with Crippen LogP contribution < -0.4 is 5.32 Å². The third-order valence-corrected chi connectivity index (χ3v) is 2.63. The van der Waals surface area contributed by atoms with E-state index in [0.29, 0.717) is 23.9 Å². The zero-order chi connectivity index (χ0) is 13.8. The lowest BCUT2D eigenvalue weighted by atomic mass is 10.3. The standard InChI is InChI=1S/C12H14N4O3/c1-3-9-6-14-12(19-9)7-13-11-5-4-10(16(17)18)8(2)15-11/h4-6H,3,7H2,1-2H3,(H,13,15). The molecule has 0 atom stereocenters. The minimum absolute atomic E-state index is 0.00921. The number of anilines is 1. The number of aryl methyl sites for hydroxylation is 2. The maximum absolute atomic E-state index is 10.7. The average Bonchev–Trinajstić information content (AvgIpc) is 2.84. The van der Waals surface area contributed by atoms with Gasteiger partial charge in [-0.25, -0.2) is 9.97 Å². The molecule has 0 radical (unpaired) electrons. The van der Waals surface area contributed by atoms with Crippen molar-refractivity contribution in [3.63, 3.8) is 0 Å². The van der Waals surface area contributed by atoms with Crippen LogP contribution in [0.15, 0.2) is 22.7 Å². The minimum atomic E-state index is -0.451. The predicted molar refractivity (Wildman–Crippen MR) is 68.8 cm³/mol. The summed E-state index contributed by atoms with van der Waals surface area (Å²) in [6.45, 7) is 3.98. The van der Waals surface area contributed by atoms with Gasteiger partial charge in [0.05, 0.1) is 17.7 Å². The van der Waals surface area contributed by atoms with Gasteiger partial charge in [-0.2, -0.15) is 0 Å². The van der Waals surface area contributed by atoms with Crippen LogP contribution in [0.25, 0.3) is 0 Å². The molecule has 2 aromatic heterocycles. The molecule has 0 unspecified atom stereocenters. The summed E-state index contributed by atoms with van der Waals surface area (Å²) in [5, 5.41) is 13.7. The number of rotatable bonds is 5. The van der Waals surface area contributed by atoms with E-state index in [-0.39, 0.29) is 5.69 Å². The summed E-state index contributed by atoms with van der Waals surface area (Å²) >= 11 is 0. The Morgan fingerprint density at radius 2 is 2.26 bits per heavy atom. The minimum Gasteiger partial charge on any atom is -0.444 e. The van der Waals surface area contributed by atoms with Crippen LogP contribution in [0.3, 0.4) is 0 Å². The summed E-state index contributed by atoms with van der Waals surface area (Å²) in [6.07, 6.45) is 2.48. The molecule has 0 saturated carbocycles. The van der Waals surface area contributed by atoms with Crippen LogP contribution in [0.2, 0.25) is 0 Å². The van der Waals surface area contributed by atoms with Gasteiger partial charge in [0.1, 0.15) is 17.3 Å². The van der Waals surface area contributed by atoms with Crippen molar-refractivity contribution in [3.8, 4) is 0 Å². The Bertz CT molecular complexity index is 594. The Balaban J connectivity index is 2.03. The molecule has 0 aliphatic rings. The number of nitrogens with zero attached hydrogens (tertiary/aromatic N) is 3. The van der Waals surface area contributed by atoms with Gasteiger partial charge in [0.15, 0.2) is 0 Å². The molecule has 2 rings (SSSR count). The highest BCUT2D eigenvalue weighted by Gasteiger charge is 2.11. The summed E-state index contributed by atoms with van der Waals surface area (Å²) in [6, 6.07) is 2.99. The lowest BCUT2D eigenvalue weighted by Gasteiger charge is -2.04. The molecule has 1 N–H and O–H groups in total. The van der Waals surface area contributed by atoms with Gasteiger partial charge in [-0.15, -0.1) is 0 Å². The number of hydrogen-bond donors (Lipinski definition) is 1. The number of nitrogens with one attached hydrogen (secondary N) is 1. The average molecular weight is 262 g/mol. The molecule has 100 valence electrons. The fourth-order valence-electron chi connectivity index (χ4n) is 1.60. The van der Waals surface area contributed by atoms with Crippen LogP contribution in [0.4, 0.5) is 11.5 Å². The van der Waals surface area contributed by atoms with Crippen LogP contribution >= 0.6 is 0 Å². The summed E-state index contributed by atoms with van der Waals surface area (Å²) in [4.78, 5) is 18.4. The molecule has 0 aliphatic heterocycles. The Labute approximate surface area is 109 Å². The van der Waals surface area contributed by atoms with E-state index < -0.39 is 4.92 Å². The van der Waals surface area contributed by atoms with Crippen molar-refractivity contribution in [3.05, 3.63) is 45.8 Å². The summed E-state index contributed by atoms with van der Waals surface area (Å²) in [7, 11) is 0. The molecule has 2 aromatic rings. The van der Waals surface area contributed by atoms with Crippen molar-refractivity contribution >= 4 is 11.5 Å². The second-order valence-corrected chi connectivity index (χ2v) is 3.99. The molecular weight excluding hydrogens is 248 g/mol. The zero-order valence-corrected chi connectivity index (χ0v) is 10.7. The third kappa shape index (κ3) is 3.06. The first-order chi connectivity index (χ1) is 9.10. The monoisotopic (exact) mass is 262 g/mol. The van der Waals surface area contributed by atoms with E-state index in [1.807, 2.05) is 6.92 Å². The Morgan fingerprint density at radius 1 is 1.47 bits per heavy atom. The van der Waals surface area contributed by atoms with Gasteiger partial charge < -0.3 is 9.73 Å². The first kappa shape index (κ1) is 13.0. The topological polar surface area (TPSA) is 94.1 Å². The second kappa shape index (κ2) is 5.47. The molecule has 0 fully saturated rings. The van der Waals surface area contributed by atoms with E-state index in [2.05, 4.69) is 15.3 Å². The smallest absolute Gasteiger partial charge is 0.290 e. The van der Waals surface area contributed by atoms with E-state index in [1.165, 1.54) is 6.07 Å². The zero-order valence-electron chi connectivity index (χ0n) is 10.7. The Hall–Kier alpha value is -2.44. The van der Waals surface area contributed by atoms with E-state index in [9.17, 15) is 10.1 Å². The fourth-order valence-corrected chi connectivity index (χ4v) is 1.60. The van der Waals surface area contributed by atoms with Gasteiger partial charge in [0, 0.05) is 12.5 Å². The molecule has 19 heavy (non-hydrogen) atoms. The summed E-state index contributed by atoms with van der Waals surface area (Å²) in [5.41, 5.74) is 0.381. The van der Waals surface area contributed by atoms with Crippen molar-refractivity contribution in [2.45, 2.75) is 26.8 Å². The van der Waals surface area contributed by atoms with Crippen molar-refractivity contribution in [1.82, 2.24) is 9.97 Å². The number of hydrogen-bond acceptors (Lipinski definition) is 6. The number of pyridine rings is 1. The van der Waals surface area contributed by atoms with Crippen molar-refractivity contribution in [2.24, 2.45) is 0 Å². The van der Waals surface area contributed by atoms with Crippen molar-refractivity contribution in [1.29, 1.82) is 0 Å². The SMILES string of the molecule is CCc1cnc(CNc2ccc([N+](=O)[O-])c(C)n2)o1. The quantitative estimate of drug-likeness (QED) is 0.657. The van der Waals surface area contributed by atoms with Crippen molar-refractivity contribution < 1.29 is 9.34 Å². The van der Waals surface area contributed by atoms with E-state index >= 15 is 0 Å². The molecule has 0 aliphatic carbocycles. The maximum atomic E-state index is 10.7. The van der Waals surface area contributed by atoms with E-state index in [0.717, 1.165) is 12.2 Å². The molecule has 0 bridgehead atoms. The molecule has 7 heteroatoms. The molecule has 0 saturated heterocycles.